The predicted octanol–water partition coefficient (Wildman–Crippen LogP) is 8.83. The van der Waals surface area contributed by atoms with Crippen LogP contribution in [0.2, 0.25) is 0 Å². The van der Waals surface area contributed by atoms with E-state index < -0.39 is 0 Å². The first-order chi connectivity index (χ1) is 20.9. The van der Waals surface area contributed by atoms with Crippen LogP contribution in [-0.4, -0.2) is 15.6 Å². The number of carbonyl (C=O) groups excluding carboxylic acids is 1. The molecule has 1 aliphatic heterocycles. The van der Waals surface area contributed by atoms with E-state index in [0.29, 0.717) is 30.0 Å². The largest absolute Gasteiger partial charge is 0.366 e. The fourth-order valence-electron chi connectivity index (χ4n) is 5.74. The number of halogens is 1. The molecule has 216 valence electrons. The number of aryl methyl sites for hydroxylation is 1. The molecule has 0 unspecified atom stereocenters. The lowest BCUT2D eigenvalue weighted by molar-refractivity contribution is -0.112. The fourth-order valence-corrected chi connectivity index (χ4v) is 6.16. The highest BCUT2D eigenvalue weighted by atomic mass is 79.9. The summed E-state index contributed by atoms with van der Waals surface area (Å²) in [6, 6.07) is 25.3. The number of hydrogen-bond donors (Lipinski definition) is 1. The minimum atomic E-state index is -0.00187. The van der Waals surface area contributed by atoms with Crippen molar-refractivity contribution in [2.45, 2.75) is 52.0 Å². The van der Waals surface area contributed by atoms with Crippen molar-refractivity contribution >= 4 is 39.2 Å². The first-order valence-electron chi connectivity index (χ1n) is 14.9. The molecule has 5 heteroatoms. The number of nitrogens with one attached hydrogen (secondary N) is 1. The third-order valence-electron chi connectivity index (χ3n) is 8.26. The summed E-state index contributed by atoms with van der Waals surface area (Å²) in [7, 11) is 0. The van der Waals surface area contributed by atoms with Crippen LogP contribution in [0.3, 0.4) is 0 Å². The van der Waals surface area contributed by atoms with Crippen molar-refractivity contribution in [2.75, 3.05) is 0 Å². The summed E-state index contributed by atoms with van der Waals surface area (Å²) in [5.74, 6) is 1.61. The van der Waals surface area contributed by atoms with Gasteiger partial charge in [0.1, 0.15) is 5.82 Å². The summed E-state index contributed by atoms with van der Waals surface area (Å²) in [6.07, 6.45) is 12.2. The summed E-state index contributed by atoms with van der Waals surface area (Å²) in [4.78, 5) is 13.1. The highest BCUT2D eigenvalue weighted by Gasteiger charge is 2.27. The van der Waals surface area contributed by atoms with Gasteiger partial charge in [-0.3, -0.25) is 4.79 Å². The zero-order valence-corrected chi connectivity index (χ0v) is 26.3. The Kier molecular flexibility index (Phi) is 8.44. The SMILES string of the molecule is C=C(Cc1cccc(CNC2=CC(c3ccccc3C3CC3)=CCc3c(Br)cnn32)c1)C(=O)/C(C)=C/c1ccccc1C. The van der Waals surface area contributed by atoms with Gasteiger partial charge < -0.3 is 5.32 Å². The van der Waals surface area contributed by atoms with Gasteiger partial charge in [0.05, 0.1) is 16.4 Å². The van der Waals surface area contributed by atoms with E-state index >= 15 is 0 Å². The van der Waals surface area contributed by atoms with E-state index in [1.165, 1.54) is 29.5 Å². The maximum absolute atomic E-state index is 13.1. The monoisotopic (exact) mass is 629 g/mol. The van der Waals surface area contributed by atoms with Crippen LogP contribution in [0.1, 0.15) is 64.8 Å². The zero-order valence-electron chi connectivity index (χ0n) is 24.7. The Labute approximate surface area is 262 Å². The van der Waals surface area contributed by atoms with Gasteiger partial charge in [-0.25, -0.2) is 4.68 Å². The van der Waals surface area contributed by atoms with Crippen molar-refractivity contribution in [1.29, 1.82) is 0 Å². The van der Waals surface area contributed by atoms with E-state index in [2.05, 4.69) is 107 Å². The number of aromatic nitrogens is 2. The summed E-state index contributed by atoms with van der Waals surface area (Å²) in [6.45, 7) is 8.70. The van der Waals surface area contributed by atoms with Crippen LogP contribution in [0.25, 0.3) is 17.5 Å². The maximum Gasteiger partial charge on any atom is 0.184 e. The quantitative estimate of drug-likeness (QED) is 0.178. The molecule has 0 bridgehead atoms. The fraction of sp³-hybridized carbons (Fsp3) is 0.211. The first kappa shape index (κ1) is 28.9. The van der Waals surface area contributed by atoms with Gasteiger partial charge in [0.15, 0.2) is 5.78 Å². The van der Waals surface area contributed by atoms with E-state index in [9.17, 15) is 4.79 Å². The highest BCUT2D eigenvalue weighted by Crippen LogP contribution is 2.43. The van der Waals surface area contributed by atoms with E-state index in [-0.39, 0.29) is 5.78 Å². The van der Waals surface area contributed by atoms with Crippen LogP contribution in [0.4, 0.5) is 0 Å². The molecule has 4 aromatic rings. The van der Waals surface area contributed by atoms with E-state index in [0.717, 1.165) is 44.7 Å². The topological polar surface area (TPSA) is 46.9 Å². The number of benzene rings is 3. The lowest BCUT2D eigenvalue weighted by Gasteiger charge is -2.15. The highest BCUT2D eigenvalue weighted by molar-refractivity contribution is 9.10. The predicted molar refractivity (Wildman–Crippen MR) is 180 cm³/mol. The summed E-state index contributed by atoms with van der Waals surface area (Å²) in [5, 5.41) is 8.35. The molecule has 4 nitrogen and oxygen atoms in total. The Bertz CT molecular complexity index is 1800. The summed E-state index contributed by atoms with van der Waals surface area (Å²) < 4.78 is 3.01. The molecule has 0 atom stereocenters. The van der Waals surface area contributed by atoms with Crippen molar-refractivity contribution < 1.29 is 4.79 Å². The third kappa shape index (κ3) is 6.57. The number of Topliss-reactive ketones (excluding diaryl/α,β-unsaturated/α-hetero) is 1. The van der Waals surface area contributed by atoms with Gasteiger partial charge in [0, 0.05) is 19.4 Å². The third-order valence-corrected chi connectivity index (χ3v) is 8.93. The minimum Gasteiger partial charge on any atom is -0.366 e. The average Bonchev–Trinajstić information content (AvgIpc) is 3.82. The van der Waals surface area contributed by atoms with Gasteiger partial charge in [-0.1, -0.05) is 85.5 Å². The molecule has 0 saturated heterocycles. The average molecular weight is 631 g/mol. The smallest absolute Gasteiger partial charge is 0.184 e. The van der Waals surface area contributed by atoms with Gasteiger partial charge >= 0.3 is 0 Å². The minimum absolute atomic E-state index is 0.00187. The van der Waals surface area contributed by atoms with E-state index in [1.54, 1.807) is 0 Å². The molecule has 2 heterocycles. The number of hydrogen-bond acceptors (Lipinski definition) is 3. The van der Waals surface area contributed by atoms with Gasteiger partial charge in [-0.2, -0.15) is 5.10 Å². The second-order valence-corrected chi connectivity index (χ2v) is 12.4. The first-order valence-corrected chi connectivity index (χ1v) is 15.7. The number of ketones is 1. The normalized spacial score (nSPS) is 14.8. The Morgan fingerprint density at radius 1 is 1.07 bits per heavy atom. The number of rotatable bonds is 10. The molecule has 6 rings (SSSR count). The lowest BCUT2D eigenvalue weighted by atomic mass is 9.95. The summed E-state index contributed by atoms with van der Waals surface area (Å²) in [5.41, 5.74) is 10.8. The van der Waals surface area contributed by atoms with Gasteiger partial charge in [-0.15, -0.1) is 0 Å². The molecule has 2 aliphatic rings. The van der Waals surface area contributed by atoms with Crippen molar-refractivity contribution in [1.82, 2.24) is 15.1 Å². The van der Waals surface area contributed by atoms with Crippen molar-refractivity contribution in [3.05, 3.63) is 152 Å². The molecule has 3 aromatic carbocycles. The summed E-state index contributed by atoms with van der Waals surface area (Å²) >= 11 is 3.70. The molecule has 1 aromatic heterocycles. The molecule has 1 fully saturated rings. The molecule has 0 spiro atoms. The molecular weight excluding hydrogens is 594 g/mol. The van der Waals surface area contributed by atoms with Crippen LogP contribution < -0.4 is 5.32 Å². The molecule has 1 N–H and O–H groups in total. The number of carbonyl (C=O) groups is 1. The van der Waals surface area contributed by atoms with Crippen LogP contribution >= 0.6 is 15.9 Å². The Hall–Kier alpha value is -4.22. The second kappa shape index (κ2) is 12.6. The van der Waals surface area contributed by atoms with Crippen LogP contribution in [0, 0.1) is 6.92 Å². The zero-order chi connectivity index (χ0) is 29.9. The molecule has 0 radical (unpaired) electrons. The van der Waals surface area contributed by atoms with Crippen LogP contribution in [-0.2, 0) is 24.2 Å². The van der Waals surface area contributed by atoms with Gasteiger partial charge in [0.25, 0.3) is 0 Å². The molecule has 0 amide bonds. The Morgan fingerprint density at radius 3 is 2.65 bits per heavy atom. The molecule has 1 aliphatic carbocycles. The van der Waals surface area contributed by atoms with Crippen LogP contribution in [0.5, 0.6) is 0 Å². The molecule has 1 saturated carbocycles. The Morgan fingerprint density at radius 2 is 1.84 bits per heavy atom. The second-order valence-electron chi connectivity index (χ2n) is 11.6. The molecule has 43 heavy (non-hydrogen) atoms. The van der Waals surface area contributed by atoms with Crippen molar-refractivity contribution in [2.24, 2.45) is 0 Å². The van der Waals surface area contributed by atoms with Gasteiger partial charge in [0.2, 0.25) is 0 Å². The van der Waals surface area contributed by atoms with E-state index in [1.807, 2.05) is 42.1 Å². The maximum atomic E-state index is 13.1. The van der Waals surface area contributed by atoms with Crippen molar-refractivity contribution in [3.8, 4) is 0 Å². The van der Waals surface area contributed by atoms with Crippen molar-refractivity contribution in [3.63, 3.8) is 0 Å². The van der Waals surface area contributed by atoms with Gasteiger partial charge in [-0.05, 0) is 111 Å². The number of allylic oxidation sites excluding steroid dienone is 5. The number of fused-ring (bicyclic) bond motifs is 1. The van der Waals surface area contributed by atoms with Crippen LogP contribution in [0.15, 0.2) is 113 Å². The lowest BCUT2D eigenvalue weighted by Crippen LogP contribution is -2.19. The standard InChI is InChI=1S/C38H36BrN3O/c1-25-9-4-5-12-31(25)20-27(3)38(43)26(2)19-28-10-8-11-29(21-28)23-40-37-22-32(17-18-36-35(39)24-41-42(36)37)34-14-7-6-13-33(34)30-15-16-30/h4-14,17,20-22,24,30,40H,2,15-16,18-19,23H2,1,3H3/b27-20+. The number of nitrogens with zero attached hydrogens (tertiary/aromatic N) is 2. The molecular formula is C38H36BrN3O. The van der Waals surface area contributed by atoms with E-state index in [4.69, 9.17) is 0 Å². The Balaban J connectivity index is 1.19.